The van der Waals surface area contributed by atoms with Crippen LogP contribution in [0.15, 0.2) is 23.2 Å². The average Bonchev–Trinajstić information content (AvgIpc) is 2.42. The summed E-state index contributed by atoms with van der Waals surface area (Å²) >= 11 is 0. The summed E-state index contributed by atoms with van der Waals surface area (Å²) in [5.74, 6) is 0.213. The smallest absolute Gasteiger partial charge is 0.320 e. The van der Waals surface area contributed by atoms with Crippen LogP contribution < -0.4 is 15.4 Å². The van der Waals surface area contributed by atoms with Crippen LogP contribution in [0.3, 0.4) is 0 Å². The molecule has 1 unspecified atom stereocenters. The van der Waals surface area contributed by atoms with Crippen LogP contribution in [-0.2, 0) is 10.0 Å². The highest BCUT2D eigenvalue weighted by Crippen LogP contribution is 2.13. The molecule has 0 bridgehead atoms. The molecule has 9 heteroatoms. The Bertz CT molecular complexity index is 619. The van der Waals surface area contributed by atoms with Gasteiger partial charge in [0.15, 0.2) is 0 Å². The first-order valence-corrected chi connectivity index (χ1v) is 8.74. The number of hydrogen-bond donors (Lipinski definition) is 4. The van der Waals surface area contributed by atoms with E-state index in [2.05, 4.69) is 20.3 Å². The zero-order chi connectivity index (χ0) is 17.7. The number of carbonyl (C=O) groups is 1. The van der Waals surface area contributed by atoms with E-state index in [4.69, 9.17) is 5.11 Å². The van der Waals surface area contributed by atoms with Gasteiger partial charge in [-0.3, -0.25) is 5.32 Å². The van der Waals surface area contributed by atoms with E-state index in [1.54, 1.807) is 20.8 Å². The first kappa shape index (κ1) is 19.3. The fraction of sp³-hybridized carbons (Fsp3) is 0.571. The summed E-state index contributed by atoms with van der Waals surface area (Å²) in [5.41, 5.74) is -0.602. The SMILES string of the molecule is CCC(CO)NC(=O)Nc1ccc(S(=O)(=O)NC(C)(C)C)cn1. The van der Waals surface area contributed by atoms with Gasteiger partial charge >= 0.3 is 6.03 Å². The number of nitrogens with one attached hydrogen (secondary N) is 3. The molecule has 0 saturated heterocycles. The molecule has 1 atom stereocenters. The zero-order valence-corrected chi connectivity index (χ0v) is 14.6. The summed E-state index contributed by atoms with van der Waals surface area (Å²) in [7, 11) is -3.66. The predicted molar refractivity (Wildman–Crippen MR) is 87.6 cm³/mol. The Morgan fingerprint density at radius 2 is 2.00 bits per heavy atom. The van der Waals surface area contributed by atoms with E-state index in [-0.39, 0.29) is 23.4 Å². The van der Waals surface area contributed by atoms with Crippen molar-refractivity contribution in [2.24, 2.45) is 0 Å². The first-order chi connectivity index (χ1) is 10.6. The van der Waals surface area contributed by atoms with Crippen LogP contribution in [-0.4, -0.2) is 42.7 Å². The van der Waals surface area contributed by atoms with Crippen LogP contribution in [0.4, 0.5) is 10.6 Å². The number of anilines is 1. The number of rotatable bonds is 6. The number of carbonyl (C=O) groups excluding carboxylic acids is 1. The lowest BCUT2D eigenvalue weighted by Crippen LogP contribution is -2.40. The molecule has 0 aliphatic heterocycles. The summed E-state index contributed by atoms with van der Waals surface area (Å²) < 4.78 is 26.8. The Morgan fingerprint density at radius 1 is 1.35 bits per heavy atom. The highest BCUT2D eigenvalue weighted by atomic mass is 32.2. The molecule has 8 nitrogen and oxygen atoms in total. The van der Waals surface area contributed by atoms with Crippen molar-refractivity contribution in [2.45, 2.75) is 50.6 Å². The summed E-state index contributed by atoms with van der Waals surface area (Å²) in [6.45, 7) is 6.89. The van der Waals surface area contributed by atoms with Gasteiger partial charge in [0.25, 0.3) is 0 Å². The fourth-order valence-corrected chi connectivity index (χ4v) is 3.05. The van der Waals surface area contributed by atoms with Gasteiger partial charge in [0.1, 0.15) is 10.7 Å². The van der Waals surface area contributed by atoms with Gasteiger partial charge in [0, 0.05) is 11.7 Å². The number of amides is 2. The molecule has 0 aliphatic rings. The van der Waals surface area contributed by atoms with E-state index >= 15 is 0 Å². The van der Waals surface area contributed by atoms with Gasteiger partial charge in [0.05, 0.1) is 12.6 Å². The predicted octanol–water partition coefficient (Wildman–Crippen LogP) is 1.05. The van der Waals surface area contributed by atoms with E-state index in [0.29, 0.717) is 6.42 Å². The van der Waals surface area contributed by atoms with E-state index in [9.17, 15) is 13.2 Å². The molecule has 1 heterocycles. The Labute approximate surface area is 136 Å². The molecular formula is C14H24N4O4S. The van der Waals surface area contributed by atoms with Crippen molar-refractivity contribution in [1.82, 2.24) is 15.0 Å². The first-order valence-electron chi connectivity index (χ1n) is 7.26. The zero-order valence-electron chi connectivity index (χ0n) is 13.8. The van der Waals surface area contributed by atoms with Crippen molar-refractivity contribution < 1.29 is 18.3 Å². The van der Waals surface area contributed by atoms with E-state index in [0.717, 1.165) is 0 Å². The molecule has 4 N–H and O–H groups in total. The van der Waals surface area contributed by atoms with Gasteiger partial charge in [-0.2, -0.15) is 0 Å². The molecule has 0 aromatic carbocycles. The van der Waals surface area contributed by atoms with E-state index in [1.165, 1.54) is 18.3 Å². The summed E-state index contributed by atoms with van der Waals surface area (Å²) in [6.07, 6.45) is 1.76. The lowest BCUT2D eigenvalue weighted by molar-refractivity contribution is 0.222. The van der Waals surface area contributed by atoms with Crippen molar-refractivity contribution in [3.8, 4) is 0 Å². The highest BCUT2D eigenvalue weighted by molar-refractivity contribution is 7.89. The average molecular weight is 344 g/mol. The minimum Gasteiger partial charge on any atom is -0.394 e. The number of nitrogens with zero attached hydrogens (tertiary/aromatic N) is 1. The molecule has 1 aromatic rings. The highest BCUT2D eigenvalue weighted by Gasteiger charge is 2.22. The monoisotopic (exact) mass is 344 g/mol. The molecule has 0 saturated carbocycles. The van der Waals surface area contributed by atoms with E-state index < -0.39 is 21.6 Å². The normalized spacial score (nSPS) is 13.4. The van der Waals surface area contributed by atoms with Crippen molar-refractivity contribution in [1.29, 1.82) is 0 Å². The lowest BCUT2D eigenvalue weighted by Gasteiger charge is -2.20. The largest absolute Gasteiger partial charge is 0.394 e. The van der Waals surface area contributed by atoms with Gasteiger partial charge in [-0.25, -0.2) is 22.9 Å². The Kier molecular flexibility index (Phi) is 6.48. The standard InChI is InChI=1S/C14H24N4O4S/c1-5-10(9-19)16-13(20)17-12-7-6-11(8-15-12)23(21,22)18-14(2,3)4/h6-8,10,18-19H,5,9H2,1-4H3,(H2,15,16,17,20). The third-order valence-corrected chi connectivity index (χ3v) is 4.52. The minimum absolute atomic E-state index is 0.0141. The van der Waals surface area contributed by atoms with Crippen LogP contribution in [0.5, 0.6) is 0 Å². The molecule has 130 valence electrons. The van der Waals surface area contributed by atoms with E-state index in [1.807, 2.05) is 6.92 Å². The molecule has 0 radical (unpaired) electrons. The second-order valence-corrected chi connectivity index (χ2v) is 7.80. The maximum Gasteiger partial charge on any atom is 0.320 e. The van der Waals surface area contributed by atoms with Crippen LogP contribution in [0, 0.1) is 0 Å². The van der Waals surface area contributed by atoms with Crippen LogP contribution >= 0.6 is 0 Å². The molecule has 23 heavy (non-hydrogen) atoms. The second kappa shape index (κ2) is 7.71. The quantitative estimate of drug-likeness (QED) is 0.615. The third-order valence-electron chi connectivity index (χ3n) is 2.78. The fourth-order valence-electron chi connectivity index (χ4n) is 1.69. The number of pyridine rings is 1. The maximum absolute atomic E-state index is 12.1. The van der Waals surface area contributed by atoms with Gasteiger partial charge in [-0.15, -0.1) is 0 Å². The number of urea groups is 1. The molecule has 0 fully saturated rings. The molecule has 1 rings (SSSR count). The molecule has 2 amide bonds. The third kappa shape index (κ3) is 6.51. The van der Waals surface area contributed by atoms with Crippen molar-refractivity contribution in [3.05, 3.63) is 18.3 Å². The van der Waals surface area contributed by atoms with Crippen LogP contribution in [0.2, 0.25) is 0 Å². The maximum atomic E-state index is 12.1. The molecule has 0 aliphatic carbocycles. The van der Waals surface area contributed by atoms with Crippen LogP contribution in [0.25, 0.3) is 0 Å². The number of aliphatic hydroxyl groups excluding tert-OH is 1. The summed E-state index contributed by atoms with van der Waals surface area (Å²) in [6, 6.07) is 1.91. The van der Waals surface area contributed by atoms with Crippen molar-refractivity contribution >= 4 is 21.9 Å². The van der Waals surface area contributed by atoms with Crippen molar-refractivity contribution in [2.75, 3.05) is 11.9 Å². The van der Waals surface area contributed by atoms with Crippen molar-refractivity contribution in [3.63, 3.8) is 0 Å². The van der Waals surface area contributed by atoms with Gasteiger partial charge in [-0.1, -0.05) is 6.92 Å². The number of sulfonamides is 1. The lowest BCUT2D eigenvalue weighted by atomic mass is 10.1. The topological polar surface area (TPSA) is 120 Å². The van der Waals surface area contributed by atoms with Gasteiger partial charge < -0.3 is 10.4 Å². The minimum atomic E-state index is -3.66. The van der Waals surface area contributed by atoms with Gasteiger partial charge in [0.2, 0.25) is 10.0 Å². The second-order valence-electron chi connectivity index (χ2n) is 6.12. The summed E-state index contributed by atoms with van der Waals surface area (Å²) in [5, 5.41) is 14.1. The number of hydrogen-bond acceptors (Lipinski definition) is 5. The number of aliphatic hydroxyl groups is 1. The van der Waals surface area contributed by atoms with Gasteiger partial charge in [-0.05, 0) is 39.3 Å². The molecule has 0 spiro atoms. The Balaban J connectivity index is 2.75. The Morgan fingerprint density at radius 3 is 2.43 bits per heavy atom. The molecule has 1 aromatic heterocycles. The summed E-state index contributed by atoms with van der Waals surface area (Å²) in [4.78, 5) is 15.6. The van der Waals surface area contributed by atoms with Crippen LogP contribution in [0.1, 0.15) is 34.1 Å². The molecular weight excluding hydrogens is 320 g/mol. The number of aromatic nitrogens is 1. The Hall–Kier alpha value is -1.71.